The second-order valence-electron chi connectivity index (χ2n) is 5.93. The van der Waals surface area contributed by atoms with Gasteiger partial charge in [0.2, 0.25) is 0 Å². The van der Waals surface area contributed by atoms with Crippen molar-refractivity contribution in [1.29, 1.82) is 0 Å². The van der Waals surface area contributed by atoms with Gasteiger partial charge in [0.05, 0.1) is 0 Å². The minimum Gasteiger partial charge on any atom is -0.322 e. The van der Waals surface area contributed by atoms with Gasteiger partial charge in [-0.3, -0.25) is 4.79 Å². The Hall–Kier alpha value is -2.87. The van der Waals surface area contributed by atoms with Gasteiger partial charge in [0.15, 0.2) is 0 Å². The first-order valence-electron chi connectivity index (χ1n) is 7.81. The van der Waals surface area contributed by atoms with E-state index in [0.717, 1.165) is 28.8 Å². The molecule has 1 amide bonds. The van der Waals surface area contributed by atoms with E-state index in [1.54, 1.807) is 0 Å². The lowest BCUT2D eigenvalue weighted by atomic mass is 10.0. The summed E-state index contributed by atoms with van der Waals surface area (Å²) < 4.78 is 0. The maximum Gasteiger partial charge on any atom is 0.255 e. The lowest BCUT2D eigenvalue weighted by molar-refractivity contribution is 0.102. The van der Waals surface area contributed by atoms with Crippen LogP contribution in [-0.4, -0.2) is 5.91 Å². The van der Waals surface area contributed by atoms with Gasteiger partial charge in [0.1, 0.15) is 0 Å². The lowest BCUT2D eigenvalue weighted by Gasteiger charge is -2.11. The molecule has 3 aromatic rings. The van der Waals surface area contributed by atoms with Crippen LogP contribution in [0, 0.1) is 6.92 Å². The number of nitrogens with one attached hydrogen (secondary N) is 1. The summed E-state index contributed by atoms with van der Waals surface area (Å²) in [6, 6.07) is 22.2. The summed E-state index contributed by atoms with van der Waals surface area (Å²) in [5, 5.41) is 3.04. The number of benzene rings is 3. The summed E-state index contributed by atoms with van der Waals surface area (Å²) in [6.07, 6.45) is 0.822. The first-order chi connectivity index (χ1) is 11.2. The Morgan fingerprint density at radius 2 is 1.61 bits per heavy atom. The van der Waals surface area contributed by atoms with Gasteiger partial charge in [-0.2, -0.15) is 0 Å². The fourth-order valence-electron chi connectivity index (χ4n) is 3.27. The van der Waals surface area contributed by atoms with E-state index in [1.165, 1.54) is 16.7 Å². The summed E-state index contributed by atoms with van der Waals surface area (Å²) in [6.45, 7) is 2.00. The maximum atomic E-state index is 12.8. The summed E-state index contributed by atoms with van der Waals surface area (Å²) in [5.41, 5.74) is 7.54. The molecule has 0 fully saturated rings. The van der Waals surface area contributed by atoms with Crippen molar-refractivity contribution in [2.75, 3.05) is 5.32 Å². The van der Waals surface area contributed by atoms with Gasteiger partial charge >= 0.3 is 0 Å². The predicted molar refractivity (Wildman–Crippen MR) is 93.8 cm³/mol. The van der Waals surface area contributed by atoms with E-state index < -0.39 is 0 Å². The van der Waals surface area contributed by atoms with Crippen LogP contribution in [-0.2, 0) is 6.42 Å². The van der Waals surface area contributed by atoms with Crippen molar-refractivity contribution in [2.45, 2.75) is 13.3 Å². The Labute approximate surface area is 135 Å². The Balaban J connectivity index is 1.72. The number of para-hydroxylation sites is 1. The number of anilines is 1. The molecule has 1 aliphatic rings. The fraction of sp³-hybridized carbons (Fsp3) is 0.0952. The van der Waals surface area contributed by atoms with Gasteiger partial charge in [-0.05, 0) is 53.3 Å². The van der Waals surface area contributed by atoms with Crippen molar-refractivity contribution in [3.05, 3.63) is 89.0 Å². The van der Waals surface area contributed by atoms with Crippen molar-refractivity contribution in [3.8, 4) is 11.1 Å². The third-order valence-corrected chi connectivity index (χ3v) is 4.49. The Morgan fingerprint density at radius 3 is 2.48 bits per heavy atom. The molecule has 0 heterocycles. The van der Waals surface area contributed by atoms with E-state index in [1.807, 2.05) is 49.4 Å². The molecule has 0 aliphatic heterocycles. The number of fused-ring (bicyclic) bond motifs is 3. The van der Waals surface area contributed by atoms with E-state index in [9.17, 15) is 4.79 Å². The molecule has 2 heteroatoms. The molecule has 0 aromatic heterocycles. The highest BCUT2D eigenvalue weighted by Gasteiger charge is 2.23. The second kappa shape index (κ2) is 5.40. The number of carbonyl (C=O) groups excluding carboxylic acids is 1. The van der Waals surface area contributed by atoms with Crippen LogP contribution < -0.4 is 5.32 Å². The molecule has 0 saturated carbocycles. The Morgan fingerprint density at radius 1 is 0.870 bits per heavy atom. The molecule has 23 heavy (non-hydrogen) atoms. The van der Waals surface area contributed by atoms with Gasteiger partial charge in [0, 0.05) is 11.3 Å². The summed E-state index contributed by atoms with van der Waals surface area (Å²) >= 11 is 0. The number of amides is 1. The number of rotatable bonds is 2. The maximum absolute atomic E-state index is 12.8. The zero-order valence-electron chi connectivity index (χ0n) is 13.0. The highest BCUT2D eigenvalue weighted by molar-refractivity contribution is 6.07. The topological polar surface area (TPSA) is 29.1 Å². The van der Waals surface area contributed by atoms with Gasteiger partial charge in [-0.1, -0.05) is 54.6 Å². The average Bonchev–Trinajstić information content (AvgIpc) is 2.95. The zero-order valence-corrected chi connectivity index (χ0v) is 13.0. The van der Waals surface area contributed by atoms with Crippen molar-refractivity contribution < 1.29 is 4.79 Å². The predicted octanol–water partition coefficient (Wildman–Crippen LogP) is 4.82. The number of hydrogen-bond donors (Lipinski definition) is 1. The van der Waals surface area contributed by atoms with E-state index in [4.69, 9.17) is 0 Å². The quantitative estimate of drug-likeness (QED) is 0.565. The second-order valence-corrected chi connectivity index (χ2v) is 5.93. The minimum atomic E-state index is -0.0380. The van der Waals surface area contributed by atoms with E-state index in [2.05, 4.69) is 29.6 Å². The van der Waals surface area contributed by atoms with Crippen molar-refractivity contribution in [1.82, 2.24) is 0 Å². The third-order valence-electron chi connectivity index (χ3n) is 4.49. The van der Waals surface area contributed by atoms with Crippen LogP contribution in [0.25, 0.3) is 11.1 Å². The van der Waals surface area contributed by atoms with Crippen molar-refractivity contribution in [2.24, 2.45) is 0 Å². The number of carbonyl (C=O) groups is 1. The molecule has 0 radical (unpaired) electrons. The molecule has 1 N–H and O–H groups in total. The van der Waals surface area contributed by atoms with Crippen LogP contribution in [0.1, 0.15) is 27.0 Å². The summed E-state index contributed by atoms with van der Waals surface area (Å²) in [4.78, 5) is 12.8. The summed E-state index contributed by atoms with van der Waals surface area (Å²) in [7, 11) is 0. The average molecular weight is 299 g/mol. The lowest BCUT2D eigenvalue weighted by Crippen LogP contribution is -2.14. The molecule has 0 spiro atoms. The van der Waals surface area contributed by atoms with Crippen LogP contribution in [0.15, 0.2) is 66.7 Å². The highest BCUT2D eigenvalue weighted by Crippen LogP contribution is 2.38. The van der Waals surface area contributed by atoms with E-state index >= 15 is 0 Å². The Kier molecular flexibility index (Phi) is 3.23. The molecular weight excluding hydrogens is 282 g/mol. The van der Waals surface area contributed by atoms with Crippen LogP contribution in [0.3, 0.4) is 0 Å². The van der Waals surface area contributed by atoms with E-state index in [-0.39, 0.29) is 5.91 Å². The molecule has 0 unspecified atom stereocenters. The molecule has 112 valence electrons. The van der Waals surface area contributed by atoms with Crippen molar-refractivity contribution in [3.63, 3.8) is 0 Å². The van der Waals surface area contributed by atoms with Crippen LogP contribution in [0.2, 0.25) is 0 Å². The van der Waals surface area contributed by atoms with Crippen LogP contribution in [0.5, 0.6) is 0 Å². The minimum absolute atomic E-state index is 0.0380. The molecular formula is C21H17NO. The largest absolute Gasteiger partial charge is 0.322 e. The zero-order chi connectivity index (χ0) is 15.8. The van der Waals surface area contributed by atoms with E-state index in [0.29, 0.717) is 0 Å². The monoisotopic (exact) mass is 299 g/mol. The van der Waals surface area contributed by atoms with Gasteiger partial charge in [-0.15, -0.1) is 0 Å². The smallest absolute Gasteiger partial charge is 0.255 e. The first kappa shape index (κ1) is 13.8. The number of aryl methyl sites for hydroxylation is 1. The van der Waals surface area contributed by atoms with Crippen molar-refractivity contribution >= 4 is 11.6 Å². The fourth-order valence-corrected chi connectivity index (χ4v) is 3.27. The van der Waals surface area contributed by atoms with Gasteiger partial charge < -0.3 is 5.32 Å². The number of hydrogen-bond acceptors (Lipinski definition) is 1. The standard InChI is InChI=1S/C21H17NO/c1-14-7-2-5-12-20(14)22-21(23)18-11-6-10-17-16-9-4-3-8-15(16)13-19(17)18/h2-12H,13H2,1H3,(H,22,23). The normalized spacial score (nSPS) is 11.7. The molecule has 1 aliphatic carbocycles. The highest BCUT2D eigenvalue weighted by atomic mass is 16.1. The van der Waals surface area contributed by atoms with Crippen LogP contribution in [0.4, 0.5) is 5.69 Å². The van der Waals surface area contributed by atoms with Gasteiger partial charge in [0.25, 0.3) is 5.91 Å². The molecule has 2 nitrogen and oxygen atoms in total. The Bertz CT molecular complexity index is 911. The first-order valence-corrected chi connectivity index (χ1v) is 7.81. The molecule has 0 bridgehead atoms. The van der Waals surface area contributed by atoms with Gasteiger partial charge in [-0.25, -0.2) is 0 Å². The third kappa shape index (κ3) is 2.33. The molecule has 0 saturated heterocycles. The molecule has 0 atom stereocenters. The van der Waals surface area contributed by atoms with Crippen LogP contribution >= 0.6 is 0 Å². The molecule has 3 aromatic carbocycles. The summed E-state index contributed by atoms with van der Waals surface area (Å²) in [5.74, 6) is -0.0380. The SMILES string of the molecule is Cc1ccccc1NC(=O)c1cccc2c1Cc1ccccc1-2. The molecule has 4 rings (SSSR count).